The Labute approximate surface area is 107 Å². The third kappa shape index (κ3) is 1.32. The Hall–Kier alpha value is -2.08. The minimum atomic E-state index is 1.07. The van der Waals surface area contributed by atoms with Crippen molar-refractivity contribution in [2.24, 2.45) is 0 Å². The average molecular weight is 230 g/mol. The first-order valence-electron chi connectivity index (χ1n) is 6.51. The smallest absolute Gasteiger partial charge is 0.00820 e. The molecule has 86 valence electrons. The average Bonchev–Trinajstić information content (AvgIpc) is 3.06. The van der Waals surface area contributed by atoms with Gasteiger partial charge in [-0.05, 0) is 46.2 Å². The lowest BCUT2D eigenvalue weighted by molar-refractivity contribution is 1.27. The van der Waals surface area contributed by atoms with E-state index in [1.807, 2.05) is 0 Å². The van der Waals surface area contributed by atoms with Crippen molar-refractivity contribution in [1.29, 1.82) is 0 Å². The molecule has 0 heterocycles. The highest BCUT2D eigenvalue weighted by atomic mass is 14.2. The van der Waals surface area contributed by atoms with Gasteiger partial charge in [0.1, 0.15) is 0 Å². The highest BCUT2D eigenvalue weighted by molar-refractivity contribution is 5.81. The standard InChI is InChI=1S/C18H14/c1-5-13-7-3-11-17(15(13)9-1)18-12-4-8-14-6-2-10-16(14)18/h1-8,11-12H,9-10H2. The largest absolute Gasteiger partial charge is 0.0795 e. The third-order valence-corrected chi connectivity index (χ3v) is 3.95. The number of allylic oxidation sites excluding steroid dienone is 2. The number of benzene rings is 2. The van der Waals surface area contributed by atoms with Crippen LogP contribution < -0.4 is 0 Å². The van der Waals surface area contributed by atoms with Crippen LogP contribution in [0.3, 0.4) is 0 Å². The summed E-state index contributed by atoms with van der Waals surface area (Å²) in [6.45, 7) is 0. The zero-order valence-electron chi connectivity index (χ0n) is 10.2. The Bertz CT molecular complexity index is 626. The SMILES string of the molecule is C1=Cc2cccc(-c3cccc4c3CC=C4)c2C1. The van der Waals surface area contributed by atoms with E-state index in [2.05, 4.69) is 60.7 Å². The van der Waals surface area contributed by atoms with Crippen LogP contribution in [0, 0.1) is 0 Å². The molecule has 18 heavy (non-hydrogen) atoms. The molecule has 2 aromatic rings. The first kappa shape index (κ1) is 9.90. The molecule has 0 radical (unpaired) electrons. The summed E-state index contributed by atoms with van der Waals surface area (Å²) in [5.74, 6) is 0. The Kier molecular flexibility index (Phi) is 2.04. The summed E-state index contributed by atoms with van der Waals surface area (Å²) in [5.41, 5.74) is 8.57. The van der Waals surface area contributed by atoms with Gasteiger partial charge in [0.25, 0.3) is 0 Å². The molecule has 0 bridgehead atoms. The summed E-state index contributed by atoms with van der Waals surface area (Å²) >= 11 is 0. The van der Waals surface area contributed by atoms with Crippen LogP contribution in [-0.2, 0) is 12.8 Å². The third-order valence-electron chi connectivity index (χ3n) is 3.95. The van der Waals surface area contributed by atoms with Crippen molar-refractivity contribution in [2.45, 2.75) is 12.8 Å². The Morgan fingerprint density at radius 1 is 0.611 bits per heavy atom. The minimum Gasteiger partial charge on any atom is -0.0795 e. The molecule has 0 saturated heterocycles. The van der Waals surface area contributed by atoms with Crippen LogP contribution in [0.5, 0.6) is 0 Å². The second-order valence-electron chi connectivity index (χ2n) is 4.96. The van der Waals surface area contributed by atoms with Gasteiger partial charge in [-0.15, -0.1) is 0 Å². The van der Waals surface area contributed by atoms with Crippen molar-refractivity contribution in [1.82, 2.24) is 0 Å². The van der Waals surface area contributed by atoms with E-state index in [4.69, 9.17) is 0 Å². The van der Waals surface area contributed by atoms with E-state index in [1.165, 1.54) is 33.4 Å². The normalized spacial score (nSPS) is 14.9. The highest BCUT2D eigenvalue weighted by Crippen LogP contribution is 2.36. The molecule has 2 aromatic carbocycles. The highest BCUT2D eigenvalue weighted by Gasteiger charge is 2.16. The molecule has 0 spiro atoms. The minimum absolute atomic E-state index is 1.07. The summed E-state index contributed by atoms with van der Waals surface area (Å²) in [6.07, 6.45) is 11.1. The van der Waals surface area contributed by atoms with Crippen LogP contribution in [0.4, 0.5) is 0 Å². The molecule has 2 aliphatic rings. The van der Waals surface area contributed by atoms with Gasteiger partial charge in [0.05, 0.1) is 0 Å². The maximum Gasteiger partial charge on any atom is -0.00820 e. The number of hydrogen-bond donors (Lipinski definition) is 0. The van der Waals surface area contributed by atoms with Crippen LogP contribution in [0.1, 0.15) is 22.3 Å². The van der Waals surface area contributed by atoms with Crippen LogP contribution in [0.15, 0.2) is 48.6 Å². The molecule has 0 heteroatoms. The fourth-order valence-corrected chi connectivity index (χ4v) is 3.09. The molecule has 0 atom stereocenters. The molecule has 0 amide bonds. The maximum atomic E-state index is 2.26. The van der Waals surface area contributed by atoms with Crippen molar-refractivity contribution in [2.75, 3.05) is 0 Å². The summed E-state index contributed by atoms with van der Waals surface area (Å²) in [5, 5.41) is 0. The van der Waals surface area contributed by atoms with Gasteiger partial charge in [-0.1, -0.05) is 60.7 Å². The predicted octanol–water partition coefficient (Wildman–Crippen LogP) is 4.49. The molecular weight excluding hydrogens is 216 g/mol. The van der Waals surface area contributed by atoms with Gasteiger partial charge < -0.3 is 0 Å². The molecule has 2 aliphatic carbocycles. The van der Waals surface area contributed by atoms with Gasteiger partial charge in [0, 0.05) is 0 Å². The van der Waals surface area contributed by atoms with Gasteiger partial charge in [0.2, 0.25) is 0 Å². The molecular formula is C18H14. The van der Waals surface area contributed by atoms with Crippen LogP contribution in [0.2, 0.25) is 0 Å². The van der Waals surface area contributed by atoms with Gasteiger partial charge in [-0.25, -0.2) is 0 Å². The molecule has 0 N–H and O–H groups in total. The van der Waals surface area contributed by atoms with Gasteiger partial charge in [-0.2, -0.15) is 0 Å². The zero-order valence-corrected chi connectivity index (χ0v) is 10.2. The topological polar surface area (TPSA) is 0 Å². The Morgan fingerprint density at radius 3 is 1.61 bits per heavy atom. The number of hydrogen-bond acceptors (Lipinski definition) is 0. The van der Waals surface area contributed by atoms with E-state index in [0.717, 1.165) is 12.8 Å². The van der Waals surface area contributed by atoms with Crippen molar-refractivity contribution in [3.63, 3.8) is 0 Å². The molecule has 0 unspecified atom stereocenters. The van der Waals surface area contributed by atoms with E-state index in [9.17, 15) is 0 Å². The van der Waals surface area contributed by atoms with E-state index in [-0.39, 0.29) is 0 Å². The molecule has 4 rings (SSSR count). The second-order valence-corrected chi connectivity index (χ2v) is 4.96. The molecule has 0 saturated carbocycles. The van der Waals surface area contributed by atoms with Crippen molar-refractivity contribution < 1.29 is 0 Å². The monoisotopic (exact) mass is 230 g/mol. The first-order chi connectivity index (χ1) is 8.93. The quantitative estimate of drug-likeness (QED) is 0.677. The Morgan fingerprint density at radius 2 is 1.11 bits per heavy atom. The van der Waals surface area contributed by atoms with Crippen molar-refractivity contribution >= 4 is 12.2 Å². The lowest BCUT2D eigenvalue weighted by atomic mass is 9.91. The van der Waals surface area contributed by atoms with E-state index >= 15 is 0 Å². The van der Waals surface area contributed by atoms with E-state index in [0.29, 0.717) is 0 Å². The van der Waals surface area contributed by atoms with Crippen molar-refractivity contribution in [3.05, 3.63) is 70.8 Å². The van der Waals surface area contributed by atoms with Crippen molar-refractivity contribution in [3.8, 4) is 11.1 Å². The van der Waals surface area contributed by atoms with Gasteiger partial charge in [0.15, 0.2) is 0 Å². The molecule has 0 fully saturated rings. The fraction of sp³-hybridized carbons (Fsp3) is 0.111. The predicted molar refractivity (Wildman–Crippen MR) is 77.4 cm³/mol. The molecule has 0 aromatic heterocycles. The number of fused-ring (bicyclic) bond motifs is 2. The fourth-order valence-electron chi connectivity index (χ4n) is 3.09. The second kappa shape index (κ2) is 3.71. The van der Waals surface area contributed by atoms with E-state index < -0.39 is 0 Å². The summed E-state index contributed by atoms with van der Waals surface area (Å²) in [4.78, 5) is 0. The van der Waals surface area contributed by atoms with Gasteiger partial charge >= 0.3 is 0 Å². The van der Waals surface area contributed by atoms with Gasteiger partial charge in [-0.3, -0.25) is 0 Å². The summed E-state index contributed by atoms with van der Waals surface area (Å²) < 4.78 is 0. The van der Waals surface area contributed by atoms with Crippen LogP contribution >= 0.6 is 0 Å². The lowest BCUT2D eigenvalue weighted by Gasteiger charge is -2.13. The van der Waals surface area contributed by atoms with E-state index in [1.54, 1.807) is 0 Å². The van der Waals surface area contributed by atoms with Crippen LogP contribution in [0.25, 0.3) is 23.3 Å². The summed E-state index contributed by atoms with van der Waals surface area (Å²) in [6, 6.07) is 13.3. The summed E-state index contributed by atoms with van der Waals surface area (Å²) in [7, 11) is 0. The Balaban J connectivity index is 1.96. The number of rotatable bonds is 1. The van der Waals surface area contributed by atoms with Crippen LogP contribution in [-0.4, -0.2) is 0 Å². The lowest BCUT2D eigenvalue weighted by Crippen LogP contribution is -1.93. The zero-order chi connectivity index (χ0) is 11.9. The first-order valence-corrected chi connectivity index (χ1v) is 6.51. The maximum absolute atomic E-state index is 2.26. The molecule has 0 aliphatic heterocycles. The molecule has 0 nitrogen and oxygen atoms in total.